The highest BCUT2D eigenvalue weighted by atomic mass is 15.2. The van der Waals surface area contributed by atoms with Crippen molar-refractivity contribution in [3.05, 3.63) is 0 Å². The number of piperidine rings is 1. The van der Waals surface area contributed by atoms with Crippen LogP contribution in [0.2, 0.25) is 0 Å². The molecule has 1 aliphatic heterocycles. The van der Waals surface area contributed by atoms with E-state index in [9.17, 15) is 0 Å². The van der Waals surface area contributed by atoms with Crippen LogP contribution in [0.3, 0.4) is 0 Å². The molecule has 124 valence electrons. The SMILES string of the molecule is CC.CC.CC1CCC1.CCCN1CCC(C)CC1C. The van der Waals surface area contributed by atoms with Crippen molar-refractivity contribution in [1.82, 2.24) is 4.90 Å². The van der Waals surface area contributed by atoms with Gasteiger partial charge < -0.3 is 4.90 Å². The van der Waals surface area contributed by atoms with E-state index in [-0.39, 0.29) is 0 Å². The topological polar surface area (TPSA) is 3.24 Å². The van der Waals surface area contributed by atoms with E-state index in [1.165, 1.54) is 51.6 Å². The highest BCUT2D eigenvalue weighted by molar-refractivity contribution is 4.76. The van der Waals surface area contributed by atoms with Gasteiger partial charge in [-0.05, 0) is 51.1 Å². The van der Waals surface area contributed by atoms with Gasteiger partial charge in [0.25, 0.3) is 0 Å². The first kappa shape index (κ1) is 22.2. The molecule has 0 amide bonds. The van der Waals surface area contributed by atoms with Crippen LogP contribution in [0, 0.1) is 11.8 Å². The zero-order chi connectivity index (χ0) is 16.0. The van der Waals surface area contributed by atoms with E-state index in [2.05, 4.69) is 32.6 Å². The van der Waals surface area contributed by atoms with Crippen molar-refractivity contribution in [3.63, 3.8) is 0 Å². The van der Waals surface area contributed by atoms with Crippen molar-refractivity contribution in [2.45, 2.75) is 100.0 Å². The third-order valence-corrected chi connectivity index (χ3v) is 4.18. The van der Waals surface area contributed by atoms with Crippen LogP contribution in [0.1, 0.15) is 93.9 Å². The largest absolute Gasteiger partial charge is 0.301 e. The van der Waals surface area contributed by atoms with Gasteiger partial charge in [-0.15, -0.1) is 0 Å². The van der Waals surface area contributed by atoms with Gasteiger partial charge in [-0.2, -0.15) is 0 Å². The van der Waals surface area contributed by atoms with Crippen LogP contribution in [0.15, 0.2) is 0 Å². The fourth-order valence-corrected chi connectivity index (χ4v) is 2.69. The maximum atomic E-state index is 2.62. The lowest BCUT2D eigenvalue weighted by molar-refractivity contribution is 0.130. The standard InChI is InChI=1S/C10H21N.C5H10.2C2H6/c1-4-6-11-7-5-9(2)8-10(11)3;1-5-3-2-4-5;2*1-2/h9-10H,4-8H2,1-3H3;5H,2-4H2,1H3;2*1-2H3. The summed E-state index contributed by atoms with van der Waals surface area (Å²) in [6, 6.07) is 0.832. The second kappa shape index (κ2) is 15.4. The lowest BCUT2D eigenvalue weighted by Crippen LogP contribution is -2.40. The molecule has 2 atom stereocenters. The lowest BCUT2D eigenvalue weighted by Gasteiger charge is -2.36. The summed E-state index contributed by atoms with van der Waals surface area (Å²) in [4.78, 5) is 2.62. The highest BCUT2D eigenvalue weighted by Crippen LogP contribution is 2.24. The van der Waals surface area contributed by atoms with Gasteiger partial charge in [0.2, 0.25) is 0 Å². The number of nitrogens with zero attached hydrogens (tertiary/aromatic N) is 1. The monoisotopic (exact) mass is 285 g/mol. The summed E-state index contributed by atoms with van der Waals surface area (Å²) in [6.07, 6.45) is 8.57. The normalized spacial score (nSPS) is 25.8. The summed E-state index contributed by atoms with van der Waals surface area (Å²) < 4.78 is 0. The molecule has 2 fully saturated rings. The lowest BCUT2D eigenvalue weighted by atomic mass is 9.88. The minimum Gasteiger partial charge on any atom is -0.301 e. The Balaban J connectivity index is 0. The predicted octanol–water partition coefficient (Wildman–Crippen LogP) is 6.38. The average Bonchev–Trinajstić information content (AvgIpc) is 2.45. The molecule has 0 aromatic rings. The molecule has 2 rings (SSSR count). The third kappa shape index (κ3) is 10.7. The van der Waals surface area contributed by atoms with Gasteiger partial charge in [0.15, 0.2) is 0 Å². The molecule has 1 aliphatic carbocycles. The zero-order valence-corrected chi connectivity index (χ0v) is 15.8. The fraction of sp³-hybridized carbons (Fsp3) is 1.00. The Morgan fingerprint density at radius 1 is 0.850 bits per heavy atom. The molecule has 1 heterocycles. The Morgan fingerprint density at radius 3 is 1.65 bits per heavy atom. The second-order valence-electron chi connectivity index (χ2n) is 6.05. The van der Waals surface area contributed by atoms with E-state index in [0.29, 0.717) is 0 Å². The van der Waals surface area contributed by atoms with Crippen LogP contribution in [-0.2, 0) is 0 Å². The molecule has 0 bridgehead atoms. The van der Waals surface area contributed by atoms with Gasteiger partial charge in [0, 0.05) is 6.04 Å². The molecular weight excluding hydrogens is 242 g/mol. The molecular formula is C19H43N. The molecule has 2 unspecified atom stereocenters. The summed E-state index contributed by atoms with van der Waals surface area (Å²) >= 11 is 0. The second-order valence-corrected chi connectivity index (χ2v) is 6.05. The van der Waals surface area contributed by atoms with Crippen LogP contribution in [0.25, 0.3) is 0 Å². The first-order valence-corrected chi connectivity index (χ1v) is 9.37. The Hall–Kier alpha value is -0.0400. The van der Waals surface area contributed by atoms with Crippen molar-refractivity contribution in [3.8, 4) is 0 Å². The first-order valence-electron chi connectivity index (χ1n) is 9.37. The molecule has 1 nitrogen and oxygen atoms in total. The van der Waals surface area contributed by atoms with Crippen LogP contribution in [-0.4, -0.2) is 24.0 Å². The zero-order valence-electron chi connectivity index (χ0n) is 15.8. The summed E-state index contributed by atoms with van der Waals surface area (Å²) in [6.45, 7) is 19.9. The molecule has 0 spiro atoms. The summed E-state index contributed by atoms with van der Waals surface area (Å²) in [5.41, 5.74) is 0. The molecule has 2 aliphatic rings. The van der Waals surface area contributed by atoms with E-state index in [0.717, 1.165) is 17.9 Å². The van der Waals surface area contributed by atoms with Gasteiger partial charge in [-0.3, -0.25) is 0 Å². The van der Waals surface area contributed by atoms with E-state index in [4.69, 9.17) is 0 Å². The number of likely N-dealkylation sites (tertiary alicyclic amines) is 1. The maximum absolute atomic E-state index is 2.62. The van der Waals surface area contributed by atoms with Crippen molar-refractivity contribution in [1.29, 1.82) is 0 Å². The van der Waals surface area contributed by atoms with Gasteiger partial charge in [-0.1, -0.05) is 67.7 Å². The Bertz CT molecular complexity index is 175. The minimum absolute atomic E-state index is 0.832. The summed E-state index contributed by atoms with van der Waals surface area (Å²) in [5.74, 6) is 2.02. The summed E-state index contributed by atoms with van der Waals surface area (Å²) in [7, 11) is 0. The molecule has 1 saturated heterocycles. The van der Waals surface area contributed by atoms with Crippen LogP contribution < -0.4 is 0 Å². The fourth-order valence-electron chi connectivity index (χ4n) is 2.69. The number of hydrogen-bond donors (Lipinski definition) is 0. The summed E-state index contributed by atoms with van der Waals surface area (Å²) in [5, 5.41) is 0. The predicted molar refractivity (Wildman–Crippen MR) is 95.4 cm³/mol. The number of hydrogen-bond acceptors (Lipinski definition) is 1. The van der Waals surface area contributed by atoms with E-state index < -0.39 is 0 Å². The van der Waals surface area contributed by atoms with Crippen LogP contribution in [0.5, 0.6) is 0 Å². The smallest absolute Gasteiger partial charge is 0.00694 e. The van der Waals surface area contributed by atoms with Crippen LogP contribution >= 0.6 is 0 Å². The Kier molecular flexibility index (Phi) is 17.1. The van der Waals surface area contributed by atoms with Gasteiger partial charge in [-0.25, -0.2) is 0 Å². The highest BCUT2D eigenvalue weighted by Gasteiger charge is 2.21. The minimum atomic E-state index is 0.832. The molecule has 1 saturated carbocycles. The number of rotatable bonds is 2. The van der Waals surface area contributed by atoms with Crippen molar-refractivity contribution in [2.24, 2.45) is 11.8 Å². The van der Waals surface area contributed by atoms with Crippen LogP contribution in [0.4, 0.5) is 0 Å². The molecule has 0 aromatic carbocycles. The molecule has 0 radical (unpaired) electrons. The quantitative estimate of drug-likeness (QED) is 0.569. The van der Waals surface area contributed by atoms with Gasteiger partial charge >= 0.3 is 0 Å². The van der Waals surface area contributed by atoms with Crippen molar-refractivity contribution >= 4 is 0 Å². The van der Waals surface area contributed by atoms with Gasteiger partial charge in [0.1, 0.15) is 0 Å². The van der Waals surface area contributed by atoms with Gasteiger partial charge in [0.05, 0.1) is 0 Å². The molecule has 0 aromatic heterocycles. The Labute approximate surface area is 130 Å². The van der Waals surface area contributed by atoms with E-state index in [1.807, 2.05) is 27.7 Å². The first-order chi connectivity index (χ1) is 9.63. The van der Waals surface area contributed by atoms with Crippen molar-refractivity contribution in [2.75, 3.05) is 13.1 Å². The maximum Gasteiger partial charge on any atom is 0.00694 e. The molecule has 0 N–H and O–H groups in total. The average molecular weight is 286 g/mol. The Morgan fingerprint density at radius 2 is 1.35 bits per heavy atom. The van der Waals surface area contributed by atoms with Crippen molar-refractivity contribution < 1.29 is 0 Å². The third-order valence-electron chi connectivity index (χ3n) is 4.18. The molecule has 1 heteroatoms. The molecule has 20 heavy (non-hydrogen) atoms. The van der Waals surface area contributed by atoms with E-state index >= 15 is 0 Å². The van der Waals surface area contributed by atoms with E-state index in [1.54, 1.807) is 0 Å².